The van der Waals surface area contributed by atoms with Gasteiger partial charge in [0.1, 0.15) is 0 Å². The van der Waals surface area contributed by atoms with Crippen molar-refractivity contribution < 1.29 is 36.3 Å². The number of carbonyl (C=O) groups excluding carboxylic acids is 1. The second-order valence-electron chi connectivity index (χ2n) is 8.50. The van der Waals surface area contributed by atoms with Crippen molar-refractivity contribution >= 4 is 33.3 Å². The summed E-state index contributed by atoms with van der Waals surface area (Å²) in [4.78, 5) is 23.7. The number of carboxylic acid groups (broad SMARTS) is 1. The van der Waals surface area contributed by atoms with Crippen LogP contribution in [0.1, 0.15) is 36.7 Å². The van der Waals surface area contributed by atoms with Crippen LogP contribution in [0, 0.1) is 0 Å². The van der Waals surface area contributed by atoms with Crippen LogP contribution >= 0.6 is 0 Å². The Labute approximate surface area is 214 Å². The molecule has 3 rings (SSSR count). The number of halogens is 3. The van der Waals surface area contributed by atoms with Crippen LogP contribution < -0.4 is 20.3 Å². The Morgan fingerprint density at radius 2 is 1.65 bits per heavy atom. The number of aliphatic carboxylic acids is 1. The summed E-state index contributed by atoms with van der Waals surface area (Å²) in [5.41, 5.74) is 2.67. The number of piperazine rings is 1. The Balaban J connectivity index is 0.000000604. The zero-order valence-electron chi connectivity index (χ0n) is 20.7. The molecular weight excluding hydrogens is 513 g/mol. The van der Waals surface area contributed by atoms with Crippen molar-refractivity contribution in [2.75, 3.05) is 35.8 Å². The van der Waals surface area contributed by atoms with Crippen LogP contribution in [0.3, 0.4) is 0 Å². The lowest BCUT2D eigenvalue weighted by Gasteiger charge is -2.31. The van der Waals surface area contributed by atoms with Crippen LogP contribution in [0.2, 0.25) is 0 Å². The molecule has 1 saturated heterocycles. The predicted octanol–water partition coefficient (Wildman–Crippen LogP) is 3.23. The highest BCUT2D eigenvalue weighted by Crippen LogP contribution is 2.30. The Morgan fingerprint density at radius 3 is 2.14 bits per heavy atom. The lowest BCUT2D eigenvalue weighted by molar-refractivity contribution is -0.192. The molecule has 9 nitrogen and oxygen atoms in total. The first-order valence-electron chi connectivity index (χ1n) is 11.6. The van der Waals surface area contributed by atoms with Gasteiger partial charge in [0.15, 0.2) is 0 Å². The molecule has 1 aliphatic heterocycles. The minimum absolute atomic E-state index is 0.0115. The van der Waals surface area contributed by atoms with Gasteiger partial charge >= 0.3 is 12.1 Å². The number of sulfonamides is 1. The molecule has 0 spiro atoms. The first-order chi connectivity index (χ1) is 17.2. The molecular formula is C24H31F3N4O5S. The number of nitrogens with one attached hydrogen (secondary N) is 3. The maximum atomic E-state index is 13.1. The van der Waals surface area contributed by atoms with E-state index in [1.165, 1.54) is 0 Å². The summed E-state index contributed by atoms with van der Waals surface area (Å²) in [6.07, 6.45) is -4.24. The Bertz CT molecular complexity index is 1180. The Hall–Kier alpha value is -3.32. The van der Waals surface area contributed by atoms with E-state index in [0.717, 1.165) is 43.9 Å². The van der Waals surface area contributed by atoms with Crippen LogP contribution in [-0.2, 0) is 21.2 Å². The summed E-state index contributed by atoms with van der Waals surface area (Å²) in [7, 11) is -3.79. The summed E-state index contributed by atoms with van der Waals surface area (Å²) < 4.78 is 60.6. The fraction of sp³-hybridized carbons (Fsp3) is 0.417. The second-order valence-corrected chi connectivity index (χ2v) is 10.2. The van der Waals surface area contributed by atoms with E-state index in [4.69, 9.17) is 9.90 Å². The molecule has 0 unspecified atom stereocenters. The van der Waals surface area contributed by atoms with Gasteiger partial charge in [0.05, 0.1) is 16.3 Å². The first kappa shape index (κ1) is 29.9. The van der Waals surface area contributed by atoms with Gasteiger partial charge in [-0.05, 0) is 56.2 Å². The van der Waals surface area contributed by atoms with Gasteiger partial charge in [0.25, 0.3) is 15.9 Å². The number of anilines is 2. The minimum Gasteiger partial charge on any atom is -0.475 e. The number of hydrogen-bond donors (Lipinski definition) is 4. The monoisotopic (exact) mass is 544 g/mol. The van der Waals surface area contributed by atoms with Crippen molar-refractivity contribution in [1.29, 1.82) is 0 Å². The molecule has 0 aliphatic carbocycles. The summed E-state index contributed by atoms with van der Waals surface area (Å²) in [5, 5.41) is 13.3. The molecule has 0 aromatic heterocycles. The van der Waals surface area contributed by atoms with Gasteiger partial charge in [0.2, 0.25) is 0 Å². The first-order valence-corrected chi connectivity index (χ1v) is 13.1. The molecule has 204 valence electrons. The number of nitrogens with zero attached hydrogens (tertiary/aromatic N) is 1. The van der Waals surface area contributed by atoms with Crippen molar-refractivity contribution in [1.82, 2.24) is 10.6 Å². The molecule has 1 amide bonds. The average molecular weight is 545 g/mol. The highest BCUT2D eigenvalue weighted by atomic mass is 32.2. The maximum Gasteiger partial charge on any atom is 0.490 e. The normalized spacial score (nSPS) is 14.0. The molecule has 0 atom stereocenters. The molecule has 1 heterocycles. The van der Waals surface area contributed by atoms with Crippen LogP contribution in [-0.4, -0.2) is 63.8 Å². The summed E-state index contributed by atoms with van der Waals surface area (Å²) in [5.74, 6) is -2.99. The lowest BCUT2D eigenvalue weighted by atomic mass is 10.1. The van der Waals surface area contributed by atoms with Crippen LogP contribution in [0.25, 0.3) is 0 Å². The Morgan fingerprint density at radius 1 is 1.08 bits per heavy atom. The number of amides is 1. The van der Waals surface area contributed by atoms with E-state index in [0.29, 0.717) is 11.3 Å². The van der Waals surface area contributed by atoms with Gasteiger partial charge < -0.3 is 20.6 Å². The molecule has 4 N–H and O–H groups in total. The van der Waals surface area contributed by atoms with Gasteiger partial charge in [-0.2, -0.15) is 13.2 Å². The van der Waals surface area contributed by atoms with Gasteiger partial charge in [-0.3, -0.25) is 9.52 Å². The van der Waals surface area contributed by atoms with E-state index in [2.05, 4.69) is 20.3 Å². The van der Waals surface area contributed by atoms with Crippen molar-refractivity contribution in [3.05, 3.63) is 53.6 Å². The third-order valence-corrected chi connectivity index (χ3v) is 6.65. The van der Waals surface area contributed by atoms with Crippen molar-refractivity contribution in [3.8, 4) is 0 Å². The van der Waals surface area contributed by atoms with Gasteiger partial charge in [-0.1, -0.05) is 19.1 Å². The standard InChI is InChI=1S/C22H30N4O3S.C2HF3O2/c1-4-17-5-8-19(9-6-17)30(28,29)25-20-15-18(22(27)24-16(2)3)7-10-21(20)26-13-11-23-12-14-26;3-2(4,5)1(6)7/h5-10,15-16,23,25H,4,11-14H2,1-3H3,(H,24,27);(H,6,7). The number of benzene rings is 2. The largest absolute Gasteiger partial charge is 0.490 e. The third-order valence-electron chi connectivity index (χ3n) is 5.26. The lowest BCUT2D eigenvalue weighted by Crippen LogP contribution is -2.43. The number of carboxylic acids is 1. The predicted molar refractivity (Wildman–Crippen MR) is 134 cm³/mol. The van der Waals surface area contributed by atoms with E-state index in [9.17, 15) is 26.4 Å². The molecule has 1 fully saturated rings. The SMILES string of the molecule is CCc1ccc(S(=O)(=O)Nc2cc(C(=O)NC(C)C)ccc2N2CCNCC2)cc1.O=C(O)C(F)(F)F. The van der Waals surface area contributed by atoms with Gasteiger partial charge in [-0.25, -0.2) is 13.2 Å². The highest BCUT2D eigenvalue weighted by Gasteiger charge is 2.38. The van der Waals surface area contributed by atoms with Crippen molar-refractivity contribution in [3.63, 3.8) is 0 Å². The second kappa shape index (κ2) is 12.8. The molecule has 0 bridgehead atoms. The highest BCUT2D eigenvalue weighted by molar-refractivity contribution is 7.92. The van der Waals surface area contributed by atoms with Crippen LogP contribution in [0.5, 0.6) is 0 Å². The third kappa shape index (κ3) is 8.93. The minimum atomic E-state index is -5.08. The molecule has 1 aliphatic rings. The van der Waals surface area contributed by atoms with E-state index in [1.807, 2.05) is 39.0 Å². The molecule has 0 radical (unpaired) electrons. The van der Waals surface area contributed by atoms with E-state index >= 15 is 0 Å². The topological polar surface area (TPSA) is 128 Å². The number of aryl methyl sites for hydroxylation is 1. The number of carbonyl (C=O) groups is 2. The number of rotatable bonds is 7. The number of hydrogen-bond acceptors (Lipinski definition) is 6. The number of alkyl halides is 3. The van der Waals surface area contributed by atoms with Crippen LogP contribution in [0.15, 0.2) is 47.4 Å². The molecule has 2 aromatic rings. The van der Waals surface area contributed by atoms with Crippen molar-refractivity contribution in [2.24, 2.45) is 0 Å². The summed E-state index contributed by atoms with van der Waals surface area (Å²) in [6, 6.07) is 12.0. The van der Waals surface area contributed by atoms with Crippen LogP contribution in [0.4, 0.5) is 24.5 Å². The molecule has 13 heteroatoms. The molecule has 0 saturated carbocycles. The van der Waals surface area contributed by atoms with Gasteiger partial charge in [-0.15, -0.1) is 0 Å². The zero-order chi connectivity index (χ0) is 27.8. The Kier molecular flexibility index (Phi) is 10.3. The zero-order valence-corrected chi connectivity index (χ0v) is 21.5. The van der Waals surface area contributed by atoms with E-state index < -0.39 is 22.2 Å². The van der Waals surface area contributed by atoms with Crippen molar-refractivity contribution in [2.45, 2.75) is 44.3 Å². The summed E-state index contributed by atoms with van der Waals surface area (Å²) >= 11 is 0. The summed E-state index contributed by atoms with van der Waals surface area (Å²) in [6.45, 7) is 8.96. The maximum absolute atomic E-state index is 13.1. The fourth-order valence-electron chi connectivity index (χ4n) is 3.39. The smallest absolute Gasteiger partial charge is 0.475 e. The van der Waals surface area contributed by atoms with Gasteiger partial charge in [0, 0.05) is 37.8 Å². The quantitative estimate of drug-likeness (QED) is 0.421. The molecule has 2 aromatic carbocycles. The van der Waals surface area contributed by atoms with E-state index in [-0.39, 0.29) is 16.8 Å². The van der Waals surface area contributed by atoms with E-state index in [1.54, 1.807) is 24.3 Å². The fourth-order valence-corrected chi connectivity index (χ4v) is 4.46. The molecule has 37 heavy (non-hydrogen) atoms. The average Bonchev–Trinajstić information content (AvgIpc) is 2.83.